The van der Waals surface area contributed by atoms with Crippen LogP contribution in [0.4, 0.5) is 11.8 Å². The Balaban J connectivity index is 1.71. The van der Waals surface area contributed by atoms with Crippen LogP contribution < -0.4 is 15.4 Å². The topological polar surface area (TPSA) is 78.0 Å². The molecule has 1 aliphatic heterocycles. The van der Waals surface area contributed by atoms with Crippen molar-refractivity contribution in [2.45, 2.75) is 26.2 Å². The van der Waals surface area contributed by atoms with Crippen LogP contribution in [-0.2, 0) is 5.41 Å². The molecule has 1 fully saturated rings. The van der Waals surface area contributed by atoms with Crippen LogP contribution in [0.25, 0.3) is 0 Å². The van der Waals surface area contributed by atoms with E-state index in [0.717, 1.165) is 32.0 Å². The Morgan fingerprint density at radius 2 is 1.74 bits per heavy atom. The van der Waals surface area contributed by atoms with Crippen LogP contribution in [0, 0.1) is 0 Å². The minimum absolute atomic E-state index is 0.158. The number of pyridine rings is 1. The van der Waals surface area contributed by atoms with Crippen molar-refractivity contribution < 1.29 is 0 Å². The van der Waals surface area contributed by atoms with E-state index < -0.39 is 0 Å². The molecule has 0 aliphatic carbocycles. The number of hydrogen-bond donors (Lipinski definition) is 1. The number of hydrogen-bond acceptors (Lipinski definition) is 6. The van der Waals surface area contributed by atoms with Crippen LogP contribution in [0.1, 0.15) is 26.5 Å². The molecule has 3 heterocycles. The van der Waals surface area contributed by atoms with Crippen LogP contribution in [0.5, 0.6) is 0 Å². The highest BCUT2D eigenvalue weighted by atomic mass is 16.1. The molecule has 0 unspecified atom stereocenters. The van der Waals surface area contributed by atoms with Crippen molar-refractivity contribution in [3.05, 3.63) is 40.4 Å². The van der Waals surface area contributed by atoms with Gasteiger partial charge in [-0.05, 0) is 12.1 Å². The maximum Gasteiger partial charge on any atom is 0.274 e. The second-order valence-corrected chi connectivity index (χ2v) is 6.74. The molecule has 0 aromatic carbocycles. The van der Waals surface area contributed by atoms with Gasteiger partial charge in [-0.25, -0.2) is 4.98 Å². The first-order chi connectivity index (χ1) is 10.9. The summed E-state index contributed by atoms with van der Waals surface area (Å²) in [6.45, 7) is 9.09. The fourth-order valence-corrected chi connectivity index (χ4v) is 2.65. The molecule has 0 atom stereocenters. The summed E-state index contributed by atoms with van der Waals surface area (Å²) in [5.74, 6) is 1.53. The lowest BCUT2D eigenvalue weighted by Gasteiger charge is -2.35. The Hall–Kier alpha value is -2.44. The van der Waals surface area contributed by atoms with Gasteiger partial charge >= 0.3 is 0 Å². The lowest BCUT2D eigenvalue weighted by atomic mass is 9.93. The van der Waals surface area contributed by atoms with Crippen molar-refractivity contribution in [3.63, 3.8) is 0 Å². The van der Waals surface area contributed by atoms with Crippen LogP contribution >= 0.6 is 0 Å². The largest absolute Gasteiger partial charge is 0.353 e. The number of H-pyrrole nitrogens is 1. The third kappa shape index (κ3) is 3.33. The lowest BCUT2D eigenvalue weighted by molar-refractivity contribution is 0.541. The summed E-state index contributed by atoms with van der Waals surface area (Å²) in [4.78, 5) is 23.7. The Kier molecular flexibility index (Phi) is 4.02. The molecule has 0 radical (unpaired) electrons. The summed E-state index contributed by atoms with van der Waals surface area (Å²) in [5.41, 5.74) is -0.000382. The zero-order valence-corrected chi connectivity index (χ0v) is 13.8. The van der Waals surface area contributed by atoms with Crippen molar-refractivity contribution in [1.82, 2.24) is 20.2 Å². The van der Waals surface area contributed by atoms with Crippen molar-refractivity contribution in [2.24, 2.45) is 0 Å². The molecule has 0 bridgehead atoms. The van der Waals surface area contributed by atoms with E-state index in [-0.39, 0.29) is 11.0 Å². The second kappa shape index (κ2) is 5.98. The quantitative estimate of drug-likeness (QED) is 0.897. The highest BCUT2D eigenvalue weighted by Gasteiger charge is 2.23. The highest BCUT2D eigenvalue weighted by molar-refractivity contribution is 5.41. The van der Waals surface area contributed by atoms with E-state index in [4.69, 9.17) is 0 Å². The van der Waals surface area contributed by atoms with Gasteiger partial charge in [0, 0.05) is 37.8 Å². The van der Waals surface area contributed by atoms with Gasteiger partial charge in [0.2, 0.25) is 5.95 Å². The van der Waals surface area contributed by atoms with Crippen LogP contribution in [0.15, 0.2) is 29.2 Å². The van der Waals surface area contributed by atoms with Crippen LogP contribution in [0.2, 0.25) is 0 Å². The van der Waals surface area contributed by atoms with Crippen molar-refractivity contribution in [1.29, 1.82) is 0 Å². The third-order valence-corrected chi connectivity index (χ3v) is 3.95. The van der Waals surface area contributed by atoms with Crippen molar-refractivity contribution in [2.75, 3.05) is 36.0 Å². The minimum atomic E-state index is -0.309. The Morgan fingerprint density at radius 3 is 2.30 bits per heavy atom. The zero-order chi connectivity index (χ0) is 16.4. The van der Waals surface area contributed by atoms with Gasteiger partial charge in [-0.1, -0.05) is 26.8 Å². The number of aromatic nitrogens is 4. The Morgan fingerprint density at radius 1 is 1.04 bits per heavy atom. The summed E-state index contributed by atoms with van der Waals surface area (Å²) in [7, 11) is 0. The number of aromatic amines is 1. The summed E-state index contributed by atoms with van der Waals surface area (Å²) < 4.78 is 0. The van der Waals surface area contributed by atoms with Crippen LogP contribution in [-0.4, -0.2) is 46.3 Å². The second-order valence-electron chi connectivity index (χ2n) is 6.74. The summed E-state index contributed by atoms with van der Waals surface area (Å²) >= 11 is 0. The first-order valence-corrected chi connectivity index (χ1v) is 7.83. The summed E-state index contributed by atoms with van der Waals surface area (Å²) in [5, 5.41) is 8.35. The molecule has 1 N–H and O–H groups in total. The standard InChI is InChI=1S/C16H22N6O/c1-16(2,3)13-14(23)18-15(20-19-13)22-10-8-21(9-11-22)12-6-4-5-7-17-12/h4-7H,8-11H2,1-3H3,(H,18,20,23). The predicted octanol–water partition coefficient (Wildman–Crippen LogP) is 1.18. The van der Waals surface area contributed by atoms with E-state index >= 15 is 0 Å². The van der Waals surface area contributed by atoms with E-state index in [1.54, 1.807) is 6.20 Å². The molecular weight excluding hydrogens is 292 g/mol. The first-order valence-electron chi connectivity index (χ1n) is 7.83. The molecule has 1 saturated heterocycles. The number of nitrogens with one attached hydrogen (secondary N) is 1. The highest BCUT2D eigenvalue weighted by Crippen LogP contribution is 2.17. The summed E-state index contributed by atoms with van der Waals surface area (Å²) in [6, 6.07) is 5.91. The fraction of sp³-hybridized carbons (Fsp3) is 0.500. The smallest absolute Gasteiger partial charge is 0.274 e. The fourth-order valence-electron chi connectivity index (χ4n) is 2.65. The maximum atomic E-state index is 12.2. The Labute approximate surface area is 135 Å². The maximum absolute atomic E-state index is 12.2. The van der Waals surface area contributed by atoms with Crippen molar-refractivity contribution >= 4 is 11.8 Å². The number of anilines is 2. The van der Waals surface area contributed by atoms with E-state index in [1.165, 1.54) is 0 Å². The first kappa shape index (κ1) is 15.5. The van der Waals surface area contributed by atoms with E-state index in [0.29, 0.717) is 11.6 Å². The van der Waals surface area contributed by atoms with Gasteiger partial charge in [-0.3, -0.25) is 9.78 Å². The average molecular weight is 314 g/mol. The molecule has 0 spiro atoms. The number of nitrogens with zero attached hydrogens (tertiary/aromatic N) is 5. The molecule has 0 amide bonds. The molecule has 2 aromatic rings. The van der Waals surface area contributed by atoms with Gasteiger partial charge in [-0.2, -0.15) is 0 Å². The molecule has 7 nitrogen and oxygen atoms in total. The molecule has 7 heteroatoms. The molecule has 23 heavy (non-hydrogen) atoms. The molecule has 2 aromatic heterocycles. The SMILES string of the molecule is CC(C)(C)c1nnc(N2CCN(c3ccccn3)CC2)[nH]c1=O. The predicted molar refractivity (Wildman–Crippen MR) is 90.0 cm³/mol. The van der Waals surface area contributed by atoms with E-state index in [9.17, 15) is 4.79 Å². The van der Waals surface area contributed by atoms with Gasteiger partial charge in [0.05, 0.1) is 0 Å². The van der Waals surface area contributed by atoms with Crippen molar-refractivity contribution in [3.8, 4) is 0 Å². The van der Waals surface area contributed by atoms with Crippen LogP contribution in [0.3, 0.4) is 0 Å². The van der Waals surface area contributed by atoms with Gasteiger partial charge in [0.15, 0.2) is 0 Å². The molecular formula is C16H22N6O. The molecule has 122 valence electrons. The lowest BCUT2D eigenvalue weighted by Crippen LogP contribution is -2.48. The van der Waals surface area contributed by atoms with Gasteiger partial charge in [0.1, 0.15) is 11.5 Å². The normalized spacial score (nSPS) is 15.8. The number of rotatable bonds is 2. The number of piperazine rings is 1. The van der Waals surface area contributed by atoms with Gasteiger partial charge in [-0.15, -0.1) is 10.2 Å². The van der Waals surface area contributed by atoms with E-state index in [1.807, 2.05) is 39.0 Å². The molecule has 0 saturated carbocycles. The van der Waals surface area contributed by atoms with Gasteiger partial charge < -0.3 is 9.80 Å². The Bertz CT molecular complexity index is 713. The molecule has 1 aliphatic rings. The van der Waals surface area contributed by atoms with Gasteiger partial charge in [0.25, 0.3) is 5.56 Å². The zero-order valence-electron chi connectivity index (χ0n) is 13.8. The van der Waals surface area contributed by atoms with E-state index in [2.05, 4.69) is 30.0 Å². The third-order valence-electron chi connectivity index (χ3n) is 3.95. The summed E-state index contributed by atoms with van der Waals surface area (Å²) in [6.07, 6.45) is 1.80. The minimum Gasteiger partial charge on any atom is -0.353 e. The average Bonchev–Trinajstić information content (AvgIpc) is 2.54. The monoisotopic (exact) mass is 314 g/mol. The molecule has 3 rings (SSSR count).